The number of esters is 1. The van der Waals surface area contributed by atoms with E-state index in [1.807, 2.05) is 42.5 Å². The maximum absolute atomic E-state index is 13.6. The van der Waals surface area contributed by atoms with Gasteiger partial charge < -0.3 is 19.7 Å². The first-order valence-corrected chi connectivity index (χ1v) is 15.3. The van der Waals surface area contributed by atoms with Crippen LogP contribution in [0.2, 0.25) is 0 Å². The van der Waals surface area contributed by atoms with E-state index < -0.39 is 16.0 Å². The van der Waals surface area contributed by atoms with Crippen LogP contribution in [0.1, 0.15) is 35.2 Å². The fourth-order valence-electron chi connectivity index (χ4n) is 4.97. The number of benzene rings is 3. The molecule has 1 N–H and O–H groups in total. The average molecular weight is 580 g/mol. The van der Waals surface area contributed by atoms with Crippen molar-refractivity contribution in [2.75, 3.05) is 50.0 Å². The number of sulfonamides is 1. The van der Waals surface area contributed by atoms with Crippen molar-refractivity contribution in [3.8, 4) is 5.75 Å². The number of nitrogens with zero attached hydrogens (tertiary/aromatic N) is 2. The summed E-state index contributed by atoms with van der Waals surface area (Å²) in [5, 5.41) is 2.95. The van der Waals surface area contributed by atoms with Gasteiger partial charge in [-0.15, -0.1) is 0 Å². The van der Waals surface area contributed by atoms with Crippen LogP contribution in [-0.4, -0.2) is 65.6 Å². The van der Waals surface area contributed by atoms with E-state index in [9.17, 15) is 18.0 Å². The van der Waals surface area contributed by atoms with Crippen molar-refractivity contribution in [2.24, 2.45) is 5.92 Å². The number of methoxy groups -OCH3 is 2. The van der Waals surface area contributed by atoms with Gasteiger partial charge in [0, 0.05) is 25.2 Å². The van der Waals surface area contributed by atoms with E-state index in [0.717, 1.165) is 37.4 Å². The molecular formula is C31H37N3O6S. The molecular weight excluding hydrogens is 542 g/mol. The van der Waals surface area contributed by atoms with Gasteiger partial charge in [0.25, 0.3) is 0 Å². The summed E-state index contributed by atoms with van der Waals surface area (Å²) < 4.78 is 38.5. The number of amides is 1. The lowest BCUT2D eigenvalue weighted by Crippen LogP contribution is -2.42. The SMILES string of the molecule is COC(=O)c1ccc(N(CCN2CCC(CC(=O)Nc3ccc(OC)cc3)CC2)S(=O)(=O)Cc2ccccc2)cc1. The van der Waals surface area contributed by atoms with Crippen molar-refractivity contribution < 1.29 is 27.5 Å². The molecule has 41 heavy (non-hydrogen) atoms. The van der Waals surface area contributed by atoms with Crippen molar-refractivity contribution in [2.45, 2.75) is 25.0 Å². The van der Waals surface area contributed by atoms with Gasteiger partial charge in [0.2, 0.25) is 15.9 Å². The quantitative estimate of drug-likeness (QED) is 0.314. The third kappa shape index (κ3) is 8.55. The zero-order valence-corrected chi connectivity index (χ0v) is 24.3. The molecule has 218 valence electrons. The standard InChI is InChI=1S/C31H37N3O6S/c1-39-29-14-10-27(11-15-29)32-30(35)22-24-16-18-33(19-17-24)20-21-34(28-12-8-26(9-13-28)31(36)40-2)41(37,38)23-25-6-4-3-5-7-25/h3-15,24H,16-23H2,1-2H3,(H,32,35). The third-order valence-electron chi connectivity index (χ3n) is 7.28. The highest BCUT2D eigenvalue weighted by atomic mass is 32.2. The van der Waals surface area contributed by atoms with Gasteiger partial charge in [-0.2, -0.15) is 0 Å². The van der Waals surface area contributed by atoms with Crippen LogP contribution in [0.4, 0.5) is 11.4 Å². The highest BCUT2D eigenvalue weighted by Gasteiger charge is 2.26. The first kappa shape index (κ1) is 30.1. The van der Waals surface area contributed by atoms with Crippen LogP contribution >= 0.6 is 0 Å². The predicted octanol–water partition coefficient (Wildman–Crippen LogP) is 4.56. The summed E-state index contributed by atoms with van der Waals surface area (Å²) in [5.74, 6) is 0.393. The van der Waals surface area contributed by atoms with Crippen LogP contribution in [0, 0.1) is 5.92 Å². The Morgan fingerprint density at radius 3 is 2.20 bits per heavy atom. The number of nitrogens with one attached hydrogen (secondary N) is 1. The maximum Gasteiger partial charge on any atom is 0.337 e. The van der Waals surface area contributed by atoms with Crippen LogP contribution in [0.5, 0.6) is 5.75 Å². The molecule has 9 nitrogen and oxygen atoms in total. The lowest BCUT2D eigenvalue weighted by molar-refractivity contribution is -0.117. The summed E-state index contributed by atoms with van der Waals surface area (Å²) in [6.45, 7) is 2.40. The third-order valence-corrected chi connectivity index (χ3v) is 9.04. The van der Waals surface area contributed by atoms with Gasteiger partial charge in [-0.25, -0.2) is 13.2 Å². The Morgan fingerprint density at radius 2 is 1.59 bits per heavy atom. The largest absolute Gasteiger partial charge is 0.497 e. The van der Waals surface area contributed by atoms with Crippen molar-refractivity contribution in [1.82, 2.24) is 4.90 Å². The van der Waals surface area contributed by atoms with Crippen molar-refractivity contribution in [1.29, 1.82) is 0 Å². The van der Waals surface area contributed by atoms with Crippen LogP contribution in [0.15, 0.2) is 78.9 Å². The molecule has 0 aliphatic carbocycles. The number of carbonyl (C=O) groups excluding carboxylic acids is 2. The molecule has 1 fully saturated rings. The Labute approximate surface area is 242 Å². The van der Waals surface area contributed by atoms with E-state index in [1.165, 1.54) is 11.4 Å². The average Bonchev–Trinajstić information content (AvgIpc) is 2.98. The van der Waals surface area contributed by atoms with Gasteiger partial charge in [0.1, 0.15) is 5.75 Å². The van der Waals surface area contributed by atoms with Crippen molar-refractivity contribution in [3.63, 3.8) is 0 Å². The molecule has 1 aliphatic heterocycles. The number of hydrogen-bond donors (Lipinski definition) is 1. The Hall–Kier alpha value is -3.89. The zero-order chi connectivity index (χ0) is 29.2. The van der Waals surface area contributed by atoms with Crippen LogP contribution < -0.4 is 14.4 Å². The van der Waals surface area contributed by atoms with Crippen molar-refractivity contribution in [3.05, 3.63) is 90.0 Å². The second kappa shape index (κ2) is 14.1. The molecule has 1 saturated heterocycles. The minimum atomic E-state index is -3.70. The topological polar surface area (TPSA) is 105 Å². The summed E-state index contributed by atoms with van der Waals surface area (Å²) in [6, 6.07) is 22.8. The number of carbonyl (C=O) groups is 2. The van der Waals surface area contributed by atoms with E-state index in [0.29, 0.717) is 29.8 Å². The van der Waals surface area contributed by atoms with Gasteiger partial charge in [-0.05, 0) is 85.9 Å². The molecule has 0 spiro atoms. The van der Waals surface area contributed by atoms with Gasteiger partial charge in [0.15, 0.2) is 0 Å². The second-order valence-electron chi connectivity index (χ2n) is 10.1. The predicted molar refractivity (Wildman–Crippen MR) is 160 cm³/mol. The van der Waals surface area contributed by atoms with E-state index in [1.54, 1.807) is 43.5 Å². The number of hydrogen-bond acceptors (Lipinski definition) is 7. The van der Waals surface area contributed by atoms with Gasteiger partial charge in [-0.3, -0.25) is 9.10 Å². The van der Waals surface area contributed by atoms with E-state index in [-0.39, 0.29) is 24.1 Å². The fraction of sp³-hybridized carbons (Fsp3) is 0.355. The maximum atomic E-state index is 13.6. The Kier molecular flexibility index (Phi) is 10.4. The van der Waals surface area contributed by atoms with Gasteiger partial charge >= 0.3 is 5.97 Å². The fourth-order valence-corrected chi connectivity index (χ4v) is 6.54. The molecule has 0 atom stereocenters. The van der Waals surface area contributed by atoms with Crippen LogP contribution in [0.3, 0.4) is 0 Å². The van der Waals surface area contributed by atoms with E-state index >= 15 is 0 Å². The molecule has 1 amide bonds. The first-order valence-electron chi connectivity index (χ1n) is 13.7. The summed E-state index contributed by atoms with van der Waals surface area (Å²) in [5.41, 5.74) is 2.30. The monoisotopic (exact) mass is 579 g/mol. The van der Waals surface area contributed by atoms with Gasteiger partial charge in [-0.1, -0.05) is 30.3 Å². The van der Waals surface area contributed by atoms with Crippen LogP contribution in [-0.2, 0) is 25.3 Å². The smallest absolute Gasteiger partial charge is 0.337 e. The number of likely N-dealkylation sites (tertiary alicyclic amines) is 1. The molecule has 0 radical (unpaired) electrons. The Balaban J connectivity index is 1.35. The number of rotatable bonds is 12. The summed E-state index contributed by atoms with van der Waals surface area (Å²) in [6.07, 6.45) is 2.17. The molecule has 0 unspecified atom stereocenters. The Bertz CT molecular complexity index is 1390. The molecule has 1 heterocycles. The molecule has 1 aliphatic rings. The molecule has 3 aromatic rings. The molecule has 0 aromatic heterocycles. The second-order valence-corrected chi connectivity index (χ2v) is 12.0. The Morgan fingerprint density at radius 1 is 0.927 bits per heavy atom. The molecule has 4 rings (SSSR count). The lowest BCUT2D eigenvalue weighted by atomic mass is 9.93. The molecule has 3 aromatic carbocycles. The van der Waals surface area contributed by atoms with Crippen LogP contribution in [0.25, 0.3) is 0 Å². The first-order chi connectivity index (χ1) is 19.8. The zero-order valence-electron chi connectivity index (χ0n) is 23.5. The van der Waals surface area contributed by atoms with E-state index in [4.69, 9.17) is 9.47 Å². The van der Waals surface area contributed by atoms with E-state index in [2.05, 4.69) is 10.2 Å². The minimum Gasteiger partial charge on any atom is -0.497 e. The summed E-state index contributed by atoms with van der Waals surface area (Å²) in [4.78, 5) is 26.7. The highest BCUT2D eigenvalue weighted by molar-refractivity contribution is 7.92. The van der Waals surface area contributed by atoms with Crippen molar-refractivity contribution >= 4 is 33.3 Å². The number of ether oxygens (including phenoxy) is 2. The molecule has 0 saturated carbocycles. The summed E-state index contributed by atoms with van der Waals surface area (Å²) in [7, 11) is -0.788. The number of piperidine rings is 1. The lowest BCUT2D eigenvalue weighted by Gasteiger charge is -2.34. The van der Waals surface area contributed by atoms with Gasteiger partial charge in [0.05, 0.1) is 31.2 Å². The normalized spacial score (nSPS) is 14.3. The molecule has 10 heteroatoms. The minimum absolute atomic E-state index is 0.0119. The molecule has 0 bridgehead atoms. The highest BCUT2D eigenvalue weighted by Crippen LogP contribution is 2.25. The number of anilines is 2. The summed E-state index contributed by atoms with van der Waals surface area (Å²) >= 11 is 0.